The predicted molar refractivity (Wildman–Crippen MR) is 67.3 cm³/mol. The smallest absolute Gasteiger partial charge is 0.357 e. The van der Waals surface area contributed by atoms with Crippen molar-refractivity contribution in [2.75, 3.05) is 0 Å². The number of rotatable bonds is 3. The lowest BCUT2D eigenvalue weighted by Crippen LogP contribution is -2.17. The SMILES string of the molecule is O=C(N/N=C/c1ccc(C(F)(F)F)cc1)c1ccc[nH]1. The van der Waals surface area contributed by atoms with Gasteiger partial charge in [-0.2, -0.15) is 18.3 Å². The fourth-order valence-corrected chi connectivity index (χ4v) is 1.46. The number of nitrogens with one attached hydrogen (secondary N) is 2. The average molecular weight is 281 g/mol. The van der Waals surface area contributed by atoms with Crippen molar-refractivity contribution in [2.24, 2.45) is 5.10 Å². The topological polar surface area (TPSA) is 57.2 Å². The number of amides is 1. The van der Waals surface area contributed by atoms with Gasteiger partial charge in [0.2, 0.25) is 0 Å². The second-order valence-corrected chi connectivity index (χ2v) is 3.90. The molecule has 4 nitrogen and oxygen atoms in total. The zero-order valence-electron chi connectivity index (χ0n) is 10.1. The van der Waals surface area contributed by atoms with Crippen LogP contribution < -0.4 is 5.43 Å². The van der Waals surface area contributed by atoms with Crippen LogP contribution in [0.5, 0.6) is 0 Å². The Hall–Kier alpha value is -2.57. The van der Waals surface area contributed by atoms with Gasteiger partial charge in [0.05, 0.1) is 11.8 Å². The molecule has 1 amide bonds. The van der Waals surface area contributed by atoms with E-state index in [1.54, 1.807) is 18.3 Å². The molecule has 0 aliphatic heterocycles. The highest BCUT2D eigenvalue weighted by molar-refractivity contribution is 5.93. The molecule has 1 aromatic heterocycles. The van der Waals surface area contributed by atoms with Crippen molar-refractivity contribution in [3.63, 3.8) is 0 Å². The summed E-state index contributed by atoms with van der Waals surface area (Å²) in [6.45, 7) is 0. The maximum absolute atomic E-state index is 12.3. The minimum Gasteiger partial charge on any atom is -0.357 e. The Labute approximate surface area is 112 Å². The molecule has 2 aromatic rings. The maximum Gasteiger partial charge on any atom is 0.416 e. The monoisotopic (exact) mass is 281 g/mol. The molecular formula is C13H10F3N3O. The summed E-state index contributed by atoms with van der Waals surface area (Å²) in [7, 11) is 0. The number of H-pyrrole nitrogens is 1. The second kappa shape index (κ2) is 5.60. The van der Waals surface area contributed by atoms with Crippen molar-refractivity contribution < 1.29 is 18.0 Å². The fraction of sp³-hybridized carbons (Fsp3) is 0.0769. The van der Waals surface area contributed by atoms with Crippen LogP contribution in [-0.2, 0) is 6.18 Å². The predicted octanol–water partition coefficient (Wildman–Crippen LogP) is 2.80. The molecule has 104 valence electrons. The zero-order valence-corrected chi connectivity index (χ0v) is 10.1. The number of hydrogen-bond acceptors (Lipinski definition) is 2. The molecule has 20 heavy (non-hydrogen) atoms. The van der Waals surface area contributed by atoms with Gasteiger partial charge in [0.25, 0.3) is 5.91 Å². The van der Waals surface area contributed by atoms with E-state index in [9.17, 15) is 18.0 Å². The molecule has 0 atom stereocenters. The highest BCUT2D eigenvalue weighted by Crippen LogP contribution is 2.28. The standard InChI is InChI=1S/C13H10F3N3O/c14-13(15,16)10-5-3-9(4-6-10)8-18-19-12(20)11-2-1-7-17-11/h1-8,17H,(H,19,20)/b18-8+. The molecule has 1 aromatic carbocycles. The number of alkyl halides is 3. The largest absolute Gasteiger partial charge is 0.416 e. The van der Waals surface area contributed by atoms with E-state index in [2.05, 4.69) is 15.5 Å². The zero-order chi connectivity index (χ0) is 14.6. The van der Waals surface area contributed by atoms with Crippen LogP contribution in [0, 0.1) is 0 Å². The van der Waals surface area contributed by atoms with Gasteiger partial charge < -0.3 is 4.98 Å². The summed E-state index contributed by atoms with van der Waals surface area (Å²) in [4.78, 5) is 14.2. The molecule has 0 fully saturated rings. The van der Waals surface area contributed by atoms with Crippen LogP contribution in [0.1, 0.15) is 21.6 Å². The summed E-state index contributed by atoms with van der Waals surface area (Å²) < 4.78 is 37.0. The number of halogens is 3. The average Bonchev–Trinajstić information content (AvgIpc) is 2.92. The molecule has 7 heteroatoms. The highest BCUT2D eigenvalue weighted by Gasteiger charge is 2.29. The Morgan fingerprint density at radius 1 is 1.20 bits per heavy atom. The van der Waals surface area contributed by atoms with E-state index in [4.69, 9.17) is 0 Å². The van der Waals surface area contributed by atoms with E-state index < -0.39 is 17.6 Å². The number of aromatic nitrogens is 1. The first kappa shape index (κ1) is 13.9. The van der Waals surface area contributed by atoms with Gasteiger partial charge in [-0.3, -0.25) is 4.79 Å². The molecule has 0 spiro atoms. The number of hydrazone groups is 1. The third kappa shape index (κ3) is 3.47. The molecule has 0 unspecified atom stereocenters. The molecule has 0 aliphatic rings. The van der Waals surface area contributed by atoms with Crippen molar-refractivity contribution in [1.29, 1.82) is 0 Å². The second-order valence-electron chi connectivity index (χ2n) is 3.90. The van der Waals surface area contributed by atoms with E-state index in [-0.39, 0.29) is 0 Å². The van der Waals surface area contributed by atoms with Crippen LogP contribution in [0.2, 0.25) is 0 Å². The van der Waals surface area contributed by atoms with Crippen molar-refractivity contribution in [3.05, 3.63) is 59.4 Å². The molecule has 0 bridgehead atoms. The normalized spacial score (nSPS) is 11.8. The van der Waals surface area contributed by atoms with Gasteiger partial charge in [0, 0.05) is 6.20 Å². The number of carbonyl (C=O) groups excluding carboxylic acids is 1. The molecule has 2 rings (SSSR count). The van der Waals surface area contributed by atoms with Crippen molar-refractivity contribution >= 4 is 12.1 Å². The van der Waals surface area contributed by atoms with Crippen molar-refractivity contribution in [1.82, 2.24) is 10.4 Å². The van der Waals surface area contributed by atoms with Crippen molar-refractivity contribution in [3.8, 4) is 0 Å². The minimum atomic E-state index is -4.36. The molecule has 0 saturated heterocycles. The molecule has 0 saturated carbocycles. The summed E-state index contributed by atoms with van der Waals surface area (Å²) >= 11 is 0. The Balaban J connectivity index is 1.97. The summed E-state index contributed by atoms with van der Waals surface area (Å²) in [5.74, 6) is -0.432. The first-order valence-electron chi connectivity index (χ1n) is 5.61. The number of aromatic amines is 1. The van der Waals surface area contributed by atoms with Gasteiger partial charge in [-0.15, -0.1) is 0 Å². The van der Waals surface area contributed by atoms with Gasteiger partial charge >= 0.3 is 6.18 Å². The lowest BCUT2D eigenvalue weighted by Gasteiger charge is -2.05. The van der Waals surface area contributed by atoms with Crippen LogP contribution in [0.25, 0.3) is 0 Å². The summed E-state index contributed by atoms with van der Waals surface area (Å²) in [5, 5.41) is 3.66. The van der Waals surface area contributed by atoms with Gasteiger partial charge in [0.1, 0.15) is 5.69 Å². The first-order valence-corrected chi connectivity index (χ1v) is 5.61. The Kier molecular flexibility index (Phi) is 3.88. The Bertz CT molecular complexity index is 601. The van der Waals surface area contributed by atoms with Crippen LogP contribution in [-0.4, -0.2) is 17.1 Å². The number of nitrogens with zero attached hydrogens (tertiary/aromatic N) is 1. The minimum absolute atomic E-state index is 0.342. The summed E-state index contributed by atoms with van der Waals surface area (Å²) in [5.41, 5.74) is 2.32. The molecule has 2 N–H and O–H groups in total. The first-order chi connectivity index (χ1) is 9.47. The van der Waals surface area contributed by atoms with E-state index >= 15 is 0 Å². The Morgan fingerprint density at radius 2 is 1.90 bits per heavy atom. The number of benzene rings is 1. The summed E-state index contributed by atoms with van der Waals surface area (Å²) in [6.07, 6.45) is -1.51. The van der Waals surface area contributed by atoms with Gasteiger partial charge in [-0.05, 0) is 29.8 Å². The molecule has 1 heterocycles. The van der Waals surface area contributed by atoms with Crippen molar-refractivity contribution in [2.45, 2.75) is 6.18 Å². The third-order valence-corrected chi connectivity index (χ3v) is 2.46. The number of hydrogen-bond donors (Lipinski definition) is 2. The fourth-order valence-electron chi connectivity index (χ4n) is 1.46. The highest BCUT2D eigenvalue weighted by atomic mass is 19.4. The van der Waals surface area contributed by atoms with Gasteiger partial charge in [-0.1, -0.05) is 12.1 Å². The van der Waals surface area contributed by atoms with Gasteiger partial charge in [-0.25, -0.2) is 5.43 Å². The Morgan fingerprint density at radius 3 is 2.45 bits per heavy atom. The lowest BCUT2D eigenvalue weighted by atomic mass is 10.1. The van der Waals surface area contributed by atoms with E-state index in [0.29, 0.717) is 11.3 Å². The number of carbonyl (C=O) groups is 1. The van der Waals surface area contributed by atoms with E-state index in [0.717, 1.165) is 12.1 Å². The summed E-state index contributed by atoms with van der Waals surface area (Å²) in [6, 6.07) is 7.68. The molecule has 0 radical (unpaired) electrons. The van der Waals surface area contributed by atoms with Crippen LogP contribution >= 0.6 is 0 Å². The molecule has 0 aliphatic carbocycles. The van der Waals surface area contributed by atoms with Crippen LogP contribution in [0.15, 0.2) is 47.7 Å². The van der Waals surface area contributed by atoms with E-state index in [1.807, 2.05) is 0 Å². The third-order valence-electron chi connectivity index (χ3n) is 2.46. The van der Waals surface area contributed by atoms with Gasteiger partial charge in [0.15, 0.2) is 0 Å². The lowest BCUT2D eigenvalue weighted by molar-refractivity contribution is -0.137. The van der Waals surface area contributed by atoms with Crippen LogP contribution in [0.3, 0.4) is 0 Å². The quantitative estimate of drug-likeness (QED) is 0.659. The molecular weight excluding hydrogens is 271 g/mol. The maximum atomic E-state index is 12.3. The van der Waals surface area contributed by atoms with E-state index in [1.165, 1.54) is 18.3 Å². The van der Waals surface area contributed by atoms with Crippen LogP contribution in [0.4, 0.5) is 13.2 Å².